The summed E-state index contributed by atoms with van der Waals surface area (Å²) in [6.07, 6.45) is 5.29. The van der Waals surface area contributed by atoms with E-state index in [2.05, 4.69) is 20.6 Å². The number of nitrogens with one attached hydrogen (secondary N) is 2. The molecule has 0 aliphatic heterocycles. The van der Waals surface area contributed by atoms with Crippen LogP contribution in [0.1, 0.15) is 0 Å². The second-order valence-electron chi connectivity index (χ2n) is 4.17. The number of hydrogen-bond donors (Lipinski definition) is 2. The minimum atomic E-state index is -0.413. The molecule has 2 N–H and O–H groups in total. The molecule has 0 atom stereocenters. The van der Waals surface area contributed by atoms with Gasteiger partial charge in [0, 0.05) is 30.2 Å². The van der Waals surface area contributed by atoms with Gasteiger partial charge in [0.1, 0.15) is 11.6 Å². The molecule has 0 aliphatic rings. The zero-order valence-corrected chi connectivity index (χ0v) is 11.3. The van der Waals surface area contributed by atoms with E-state index >= 15 is 0 Å². The quantitative estimate of drug-likeness (QED) is 0.777. The molecule has 20 heavy (non-hydrogen) atoms. The molecule has 3 aromatic rings. The maximum absolute atomic E-state index is 13.4. The van der Waals surface area contributed by atoms with Crippen LogP contribution in [0.3, 0.4) is 0 Å². The molecular weight excluding hydrogens is 281 g/mol. The summed E-state index contributed by atoms with van der Waals surface area (Å²) < 4.78 is 15.2. The number of rotatable bonds is 3. The number of halogens is 2. The molecule has 1 aromatic carbocycles. The third-order valence-electron chi connectivity index (χ3n) is 2.76. The first-order chi connectivity index (χ1) is 9.65. The molecule has 2 heterocycles. The van der Waals surface area contributed by atoms with Crippen molar-refractivity contribution in [2.45, 2.75) is 0 Å². The monoisotopic (exact) mass is 291 g/mol. The van der Waals surface area contributed by atoms with Gasteiger partial charge in [-0.05, 0) is 18.2 Å². The lowest BCUT2D eigenvalue weighted by Gasteiger charge is -2.09. The number of imidazole rings is 1. The Morgan fingerprint density at radius 2 is 2.15 bits per heavy atom. The molecule has 0 saturated carbocycles. The number of fused-ring (bicyclic) bond motifs is 1. The second-order valence-corrected chi connectivity index (χ2v) is 4.60. The van der Waals surface area contributed by atoms with Crippen LogP contribution in [0.2, 0.25) is 5.02 Å². The summed E-state index contributed by atoms with van der Waals surface area (Å²) in [4.78, 5) is 8.59. The average molecular weight is 292 g/mol. The van der Waals surface area contributed by atoms with Crippen molar-refractivity contribution in [3.05, 3.63) is 47.6 Å². The van der Waals surface area contributed by atoms with E-state index in [0.717, 1.165) is 0 Å². The SMILES string of the molecule is CNc1cn2ccnc2c(Nc2cc(F)cc(Cl)c2)n1. The van der Waals surface area contributed by atoms with E-state index in [1.165, 1.54) is 12.1 Å². The van der Waals surface area contributed by atoms with Crippen molar-refractivity contribution in [3.63, 3.8) is 0 Å². The topological polar surface area (TPSA) is 54.2 Å². The van der Waals surface area contributed by atoms with E-state index < -0.39 is 5.82 Å². The highest BCUT2D eigenvalue weighted by Gasteiger charge is 2.08. The first-order valence-corrected chi connectivity index (χ1v) is 6.28. The first-order valence-electron chi connectivity index (χ1n) is 5.90. The number of aromatic nitrogens is 3. The number of anilines is 3. The molecule has 3 rings (SSSR count). The molecule has 2 aromatic heterocycles. The number of benzene rings is 1. The van der Waals surface area contributed by atoms with Gasteiger partial charge in [-0.15, -0.1) is 0 Å². The van der Waals surface area contributed by atoms with Crippen LogP contribution < -0.4 is 10.6 Å². The molecule has 0 fully saturated rings. The summed E-state index contributed by atoms with van der Waals surface area (Å²) in [6, 6.07) is 4.21. The summed E-state index contributed by atoms with van der Waals surface area (Å²) in [5.74, 6) is 0.771. The van der Waals surface area contributed by atoms with Gasteiger partial charge in [0.15, 0.2) is 11.5 Å². The Kier molecular flexibility index (Phi) is 3.15. The Hall–Kier alpha value is -2.34. The van der Waals surface area contributed by atoms with Gasteiger partial charge >= 0.3 is 0 Å². The van der Waals surface area contributed by atoms with E-state index in [1.54, 1.807) is 19.3 Å². The van der Waals surface area contributed by atoms with Crippen molar-refractivity contribution in [1.82, 2.24) is 14.4 Å². The maximum Gasteiger partial charge on any atom is 0.180 e. The predicted octanol–water partition coefficient (Wildman–Crippen LogP) is 3.31. The van der Waals surface area contributed by atoms with Gasteiger partial charge in [-0.1, -0.05) is 11.6 Å². The van der Waals surface area contributed by atoms with Crippen LogP contribution in [0.15, 0.2) is 36.8 Å². The van der Waals surface area contributed by atoms with Crippen LogP contribution in [0, 0.1) is 5.82 Å². The summed E-state index contributed by atoms with van der Waals surface area (Å²) in [5.41, 5.74) is 1.16. The molecular formula is C13H11ClFN5. The van der Waals surface area contributed by atoms with Gasteiger partial charge in [0.25, 0.3) is 0 Å². The fourth-order valence-corrected chi connectivity index (χ4v) is 2.12. The third kappa shape index (κ3) is 2.37. The molecule has 0 amide bonds. The van der Waals surface area contributed by atoms with Crippen LogP contribution in [-0.2, 0) is 0 Å². The van der Waals surface area contributed by atoms with Gasteiger partial charge in [-0.2, -0.15) is 0 Å². The number of nitrogens with zero attached hydrogens (tertiary/aromatic N) is 3. The summed E-state index contributed by atoms with van der Waals surface area (Å²) >= 11 is 5.84. The lowest BCUT2D eigenvalue weighted by Crippen LogP contribution is -2.02. The van der Waals surface area contributed by atoms with E-state index in [0.29, 0.717) is 28.0 Å². The van der Waals surface area contributed by atoms with Crippen molar-refractivity contribution < 1.29 is 4.39 Å². The average Bonchev–Trinajstić information content (AvgIpc) is 2.85. The number of hydrogen-bond acceptors (Lipinski definition) is 4. The van der Waals surface area contributed by atoms with Crippen molar-refractivity contribution in [2.75, 3.05) is 17.7 Å². The van der Waals surface area contributed by atoms with Crippen LogP contribution >= 0.6 is 11.6 Å². The summed E-state index contributed by atoms with van der Waals surface area (Å²) in [5, 5.41) is 6.30. The smallest absolute Gasteiger partial charge is 0.180 e. The van der Waals surface area contributed by atoms with Crippen molar-refractivity contribution in [2.24, 2.45) is 0 Å². The highest BCUT2D eigenvalue weighted by atomic mass is 35.5. The lowest BCUT2D eigenvalue weighted by molar-refractivity contribution is 0.628. The van der Waals surface area contributed by atoms with Gasteiger partial charge in [0.05, 0.1) is 6.20 Å². The van der Waals surface area contributed by atoms with Crippen LogP contribution in [0.4, 0.5) is 21.7 Å². The van der Waals surface area contributed by atoms with Crippen molar-refractivity contribution in [3.8, 4) is 0 Å². The molecule has 0 saturated heterocycles. The predicted molar refractivity (Wildman–Crippen MR) is 77.2 cm³/mol. The lowest BCUT2D eigenvalue weighted by atomic mass is 10.3. The Bertz CT molecular complexity index is 750. The van der Waals surface area contributed by atoms with Gasteiger partial charge in [-0.3, -0.25) is 0 Å². The molecule has 102 valence electrons. The van der Waals surface area contributed by atoms with E-state index in [9.17, 15) is 4.39 Å². The van der Waals surface area contributed by atoms with Gasteiger partial charge in [0.2, 0.25) is 0 Å². The Labute approximate surface area is 119 Å². The fraction of sp³-hybridized carbons (Fsp3) is 0.0769. The van der Waals surface area contributed by atoms with Crippen molar-refractivity contribution >= 4 is 34.6 Å². The molecule has 0 unspecified atom stereocenters. The molecule has 0 bridgehead atoms. The second kappa shape index (κ2) is 4.97. The molecule has 0 aliphatic carbocycles. The standard InChI is InChI=1S/C13H11ClFN5/c1-16-11-7-20-3-2-17-13(20)12(19-11)18-10-5-8(14)4-9(15)6-10/h2-7,16H,1H3,(H,18,19). The van der Waals surface area contributed by atoms with Crippen LogP contribution in [0.25, 0.3) is 5.65 Å². The van der Waals surface area contributed by atoms with Gasteiger partial charge < -0.3 is 15.0 Å². The Morgan fingerprint density at radius 1 is 1.30 bits per heavy atom. The third-order valence-corrected chi connectivity index (χ3v) is 2.97. The normalized spacial score (nSPS) is 10.8. The molecule has 5 nitrogen and oxygen atoms in total. The van der Waals surface area contributed by atoms with E-state index in [-0.39, 0.29) is 0 Å². The van der Waals surface area contributed by atoms with Crippen molar-refractivity contribution in [1.29, 1.82) is 0 Å². The van der Waals surface area contributed by atoms with E-state index in [4.69, 9.17) is 11.6 Å². The molecule has 7 heteroatoms. The molecule has 0 spiro atoms. The maximum atomic E-state index is 13.4. The minimum absolute atomic E-state index is 0.316. The van der Waals surface area contributed by atoms with Crippen LogP contribution in [-0.4, -0.2) is 21.4 Å². The molecule has 0 radical (unpaired) electrons. The largest absolute Gasteiger partial charge is 0.372 e. The highest BCUT2D eigenvalue weighted by Crippen LogP contribution is 2.24. The van der Waals surface area contributed by atoms with Crippen LogP contribution in [0.5, 0.6) is 0 Å². The fourth-order valence-electron chi connectivity index (χ4n) is 1.90. The Balaban J connectivity index is 2.07. The van der Waals surface area contributed by atoms with Gasteiger partial charge in [-0.25, -0.2) is 14.4 Å². The summed E-state index contributed by atoms with van der Waals surface area (Å²) in [6.45, 7) is 0. The summed E-state index contributed by atoms with van der Waals surface area (Å²) in [7, 11) is 1.77. The Morgan fingerprint density at radius 3 is 2.90 bits per heavy atom. The zero-order chi connectivity index (χ0) is 14.1. The minimum Gasteiger partial charge on any atom is -0.372 e. The zero-order valence-electron chi connectivity index (χ0n) is 10.6. The highest BCUT2D eigenvalue weighted by molar-refractivity contribution is 6.30. The van der Waals surface area contributed by atoms with E-state index in [1.807, 2.05) is 16.8 Å². The first kappa shape index (κ1) is 12.7.